The number of rotatable bonds is 10. The van der Waals surface area contributed by atoms with Crippen LogP contribution in [0.25, 0.3) is 11.3 Å². The molecular weight excluding hydrogens is 472 g/mol. The van der Waals surface area contributed by atoms with E-state index in [0.29, 0.717) is 13.2 Å². The predicted octanol–water partition coefficient (Wildman–Crippen LogP) is 6.92. The lowest BCUT2D eigenvalue weighted by molar-refractivity contribution is 0.267. The van der Waals surface area contributed by atoms with Crippen molar-refractivity contribution in [1.29, 1.82) is 0 Å². The van der Waals surface area contributed by atoms with E-state index in [1.807, 2.05) is 30.6 Å². The molecule has 1 aliphatic carbocycles. The van der Waals surface area contributed by atoms with Gasteiger partial charge in [-0.15, -0.1) is 0 Å². The van der Waals surface area contributed by atoms with Crippen LogP contribution in [-0.2, 0) is 17.8 Å². The minimum Gasteiger partial charge on any atom is -0.492 e. The van der Waals surface area contributed by atoms with Crippen molar-refractivity contribution in [2.24, 2.45) is 0 Å². The van der Waals surface area contributed by atoms with Crippen LogP contribution < -0.4 is 10.6 Å². The second-order valence-corrected chi connectivity index (χ2v) is 9.72. The van der Waals surface area contributed by atoms with Crippen molar-refractivity contribution >= 4 is 11.3 Å². The summed E-state index contributed by atoms with van der Waals surface area (Å²) < 4.78 is 11.2. The van der Waals surface area contributed by atoms with Gasteiger partial charge in [-0.2, -0.15) is 0 Å². The standard InChI is InChI=1S/C32H36N4O2/c1-3-4-11-30(25-12-16-33-17-13-25)32-29(15-18-37-32)23(2)34-21-24-7-5-10-27(20-24)31(26-8-6-9-26)35-22-28-14-19-38-36-28/h4-5,7,10-14,16-17,19-20,34-35H,3,6,8-9,15,18,21-22H2,1-2H3/b11-4+,29-23+,32-30-. The molecule has 1 saturated carbocycles. The molecule has 0 radical (unpaired) electrons. The second kappa shape index (κ2) is 12.5. The van der Waals surface area contributed by atoms with Crippen molar-refractivity contribution < 1.29 is 9.26 Å². The smallest absolute Gasteiger partial charge is 0.132 e. The van der Waals surface area contributed by atoms with Gasteiger partial charge in [0.2, 0.25) is 0 Å². The Balaban J connectivity index is 1.35. The number of hydrogen-bond donors (Lipinski definition) is 2. The number of benzene rings is 1. The van der Waals surface area contributed by atoms with Crippen molar-refractivity contribution in [2.45, 2.75) is 59.0 Å². The molecule has 2 aromatic heterocycles. The maximum Gasteiger partial charge on any atom is 0.132 e. The van der Waals surface area contributed by atoms with Gasteiger partial charge in [0.15, 0.2) is 0 Å². The lowest BCUT2D eigenvalue weighted by Gasteiger charge is -2.24. The first-order valence-electron chi connectivity index (χ1n) is 13.6. The molecule has 1 saturated heterocycles. The van der Waals surface area contributed by atoms with E-state index in [9.17, 15) is 0 Å². The first-order valence-corrected chi connectivity index (χ1v) is 13.6. The third-order valence-electron chi connectivity index (χ3n) is 7.10. The first-order chi connectivity index (χ1) is 18.7. The van der Waals surface area contributed by atoms with Gasteiger partial charge in [0.1, 0.15) is 17.7 Å². The lowest BCUT2D eigenvalue weighted by atomic mass is 9.88. The monoisotopic (exact) mass is 508 g/mol. The predicted molar refractivity (Wildman–Crippen MR) is 151 cm³/mol. The first kappa shape index (κ1) is 25.6. The van der Waals surface area contributed by atoms with Crippen LogP contribution in [0.3, 0.4) is 0 Å². The van der Waals surface area contributed by atoms with Crippen LogP contribution in [0.5, 0.6) is 0 Å². The molecule has 1 aliphatic heterocycles. The summed E-state index contributed by atoms with van der Waals surface area (Å²) in [7, 11) is 0. The van der Waals surface area contributed by atoms with Crippen molar-refractivity contribution in [1.82, 2.24) is 20.8 Å². The van der Waals surface area contributed by atoms with Gasteiger partial charge in [0.25, 0.3) is 0 Å². The minimum atomic E-state index is 0.657. The average Bonchev–Trinajstić information content (AvgIpc) is 3.62. The second-order valence-electron chi connectivity index (χ2n) is 9.72. The number of nitrogens with one attached hydrogen (secondary N) is 2. The average molecular weight is 509 g/mol. The van der Waals surface area contributed by atoms with Gasteiger partial charge in [-0.05, 0) is 73.1 Å². The molecule has 2 N–H and O–H groups in total. The Labute approximate surface area is 225 Å². The van der Waals surface area contributed by atoms with Crippen molar-refractivity contribution in [2.75, 3.05) is 6.61 Å². The third-order valence-corrected chi connectivity index (χ3v) is 7.10. The summed E-state index contributed by atoms with van der Waals surface area (Å²) >= 11 is 0. The molecule has 0 amide bonds. The number of nitrogens with zero attached hydrogens (tertiary/aromatic N) is 2. The molecule has 6 heteroatoms. The van der Waals surface area contributed by atoms with E-state index in [2.05, 4.69) is 71.0 Å². The molecule has 38 heavy (non-hydrogen) atoms. The van der Waals surface area contributed by atoms with E-state index in [0.717, 1.165) is 60.5 Å². The Morgan fingerprint density at radius 3 is 2.61 bits per heavy atom. The molecular formula is C32H36N4O2. The molecule has 0 unspecified atom stereocenters. The van der Waals surface area contributed by atoms with E-state index in [-0.39, 0.29) is 0 Å². The molecule has 2 aliphatic rings. The quantitative estimate of drug-likeness (QED) is 0.310. The molecule has 0 bridgehead atoms. The zero-order chi connectivity index (χ0) is 26.2. The SMILES string of the molecule is CC/C=C/C(=C1/OCC/C1=C(/C)NCc1cccc(C(NCc2ccon2)=C2CCC2)c1)c1ccncc1. The van der Waals surface area contributed by atoms with Gasteiger partial charge in [-0.25, -0.2) is 0 Å². The summed E-state index contributed by atoms with van der Waals surface area (Å²) in [6, 6.07) is 14.8. The highest BCUT2D eigenvalue weighted by atomic mass is 16.5. The maximum absolute atomic E-state index is 6.19. The summed E-state index contributed by atoms with van der Waals surface area (Å²) in [6.45, 7) is 6.40. The highest BCUT2D eigenvalue weighted by molar-refractivity contribution is 5.78. The van der Waals surface area contributed by atoms with E-state index >= 15 is 0 Å². The Kier molecular flexibility index (Phi) is 8.39. The largest absolute Gasteiger partial charge is 0.492 e. The highest BCUT2D eigenvalue weighted by Gasteiger charge is 2.22. The van der Waals surface area contributed by atoms with Gasteiger partial charge >= 0.3 is 0 Å². The van der Waals surface area contributed by atoms with Crippen molar-refractivity contribution in [3.8, 4) is 0 Å². The lowest BCUT2D eigenvalue weighted by Crippen LogP contribution is -2.18. The van der Waals surface area contributed by atoms with Gasteiger partial charge < -0.3 is 19.9 Å². The molecule has 3 heterocycles. The van der Waals surface area contributed by atoms with Gasteiger partial charge in [0.05, 0.1) is 13.2 Å². The number of hydrogen-bond acceptors (Lipinski definition) is 6. The van der Waals surface area contributed by atoms with Crippen LogP contribution in [0.1, 0.15) is 68.3 Å². The van der Waals surface area contributed by atoms with E-state index < -0.39 is 0 Å². The van der Waals surface area contributed by atoms with Crippen molar-refractivity contribution in [3.05, 3.63) is 118 Å². The zero-order valence-electron chi connectivity index (χ0n) is 22.3. The summed E-state index contributed by atoms with van der Waals surface area (Å²) in [5.74, 6) is 0.966. The van der Waals surface area contributed by atoms with Gasteiger partial charge in [-0.1, -0.05) is 42.4 Å². The van der Waals surface area contributed by atoms with Gasteiger partial charge in [-0.3, -0.25) is 4.98 Å². The molecule has 5 rings (SSSR count). The summed E-state index contributed by atoms with van der Waals surface area (Å²) in [5.41, 5.74) is 10.7. The Morgan fingerprint density at radius 2 is 1.87 bits per heavy atom. The van der Waals surface area contributed by atoms with Crippen LogP contribution in [0.15, 0.2) is 100 Å². The topological polar surface area (TPSA) is 72.2 Å². The number of aromatic nitrogens is 2. The fourth-order valence-corrected chi connectivity index (χ4v) is 4.84. The Hall–Kier alpha value is -4.06. The van der Waals surface area contributed by atoms with Crippen LogP contribution in [-0.4, -0.2) is 16.7 Å². The number of pyridine rings is 1. The third kappa shape index (κ3) is 6.08. The van der Waals surface area contributed by atoms with Crippen LogP contribution >= 0.6 is 0 Å². The normalized spacial score (nSPS) is 17.7. The summed E-state index contributed by atoms with van der Waals surface area (Å²) in [5, 5.41) is 11.3. The minimum absolute atomic E-state index is 0.657. The van der Waals surface area contributed by atoms with Crippen LogP contribution in [0, 0.1) is 0 Å². The zero-order valence-corrected chi connectivity index (χ0v) is 22.3. The molecule has 3 aromatic rings. The molecule has 1 aromatic carbocycles. The van der Waals surface area contributed by atoms with Crippen molar-refractivity contribution in [3.63, 3.8) is 0 Å². The molecule has 0 atom stereocenters. The summed E-state index contributed by atoms with van der Waals surface area (Å²) in [6.07, 6.45) is 15.1. The fourth-order valence-electron chi connectivity index (χ4n) is 4.84. The van der Waals surface area contributed by atoms with E-state index in [4.69, 9.17) is 9.26 Å². The fraction of sp³-hybridized carbons (Fsp3) is 0.312. The van der Waals surface area contributed by atoms with Gasteiger partial charge in [0, 0.05) is 54.0 Å². The number of ether oxygens (including phenoxy) is 1. The summed E-state index contributed by atoms with van der Waals surface area (Å²) in [4.78, 5) is 4.19. The Morgan fingerprint density at radius 1 is 1.00 bits per heavy atom. The Bertz CT molecular complexity index is 1350. The maximum atomic E-state index is 6.19. The highest BCUT2D eigenvalue weighted by Crippen LogP contribution is 2.35. The van der Waals surface area contributed by atoms with E-state index in [1.54, 1.807) is 6.26 Å². The molecule has 0 spiro atoms. The molecule has 6 nitrogen and oxygen atoms in total. The molecule has 196 valence electrons. The molecule has 2 fully saturated rings. The van der Waals surface area contributed by atoms with E-state index in [1.165, 1.54) is 34.4 Å². The van der Waals surface area contributed by atoms with Crippen LogP contribution in [0.4, 0.5) is 0 Å². The number of allylic oxidation sites excluding steroid dienone is 6. The van der Waals surface area contributed by atoms with Crippen LogP contribution in [0.2, 0.25) is 0 Å².